The van der Waals surface area contributed by atoms with Crippen molar-refractivity contribution in [3.8, 4) is 0 Å². The largest absolute Gasteiger partial charge is 0.392 e. The maximum Gasteiger partial charge on any atom is 0.227 e. The van der Waals surface area contributed by atoms with Gasteiger partial charge in [0.05, 0.1) is 12.5 Å². The number of aryl methyl sites for hydroxylation is 1. The van der Waals surface area contributed by atoms with E-state index in [1.165, 1.54) is 11.1 Å². The average Bonchev–Trinajstić information content (AvgIpc) is 2.59. The fourth-order valence-electron chi connectivity index (χ4n) is 3.22. The standard InChI is InChI=1S/C19H21NO2/c21-13-16-8-2-1-7-15(16)12-20-19(22)18-11-5-9-14-6-3-4-10-17(14)18/h1-4,6-8,10,18,21H,5,9,11-13H2,(H,20,22). The van der Waals surface area contributed by atoms with E-state index in [-0.39, 0.29) is 18.4 Å². The Labute approximate surface area is 131 Å². The van der Waals surface area contributed by atoms with Crippen molar-refractivity contribution in [2.75, 3.05) is 0 Å². The van der Waals surface area contributed by atoms with E-state index in [2.05, 4.69) is 17.4 Å². The number of aliphatic hydroxyl groups is 1. The Morgan fingerprint density at radius 1 is 1.09 bits per heavy atom. The predicted octanol–water partition coefficient (Wildman–Crippen LogP) is 2.92. The van der Waals surface area contributed by atoms with Gasteiger partial charge in [-0.15, -0.1) is 0 Å². The first-order chi connectivity index (χ1) is 10.8. The molecule has 114 valence electrons. The van der Waals surface area contributed by atoms with Crippen LogP contribution in [0, 0.1) is 0 Å². The van der Waals surface area contributed by atoms with Crippen LogP contribution in [0.25, 0.3) is 0 Å². The van der Waals surface area contributed by atoms with Crippen LogP contribution in [0.3, 0.4) is 0 Å². The number of nitrogens with one attached hydrogen (secondary N) is 1. The molecule has 1 unspecified atom stereocenters. The molecule has 1 amide bonds. The van der Waals surface area contributed by atoms with Crippen LogP contribution in [0.4, 0.5) is 0 Å². The van der Waals surface area contributed by atoms with E-state index in [0.717, 1.165) is 30.4 Å². The van der Waals surface area contributed by atoms with E-state index in [1.807, 2.05) is 36.4 Å². The maximum absolute atomic E-state index is 12.6. The summed E-state index contributed by atoms with van der Waals surface area (Å²) in [6, 6.07) is 15.9. The smallest absolute Gasteiger partial charge is 0.227 e. The summed E-state index contributed by atoms with van der Waals surface area (Å²) in [6.45, 7) is 0.465. The van der Waals surface area contributed by atoms with Gasteiger partial charge in [-0.3, -0.25) is 4.79 Å². The number of amides is 1. The minimum absolute atomic E-state index is 0.00168. The van der Waals surface area contributed by atoms with Crippen LogP contribution in [0.1, 0.15) is 41.0 Å². The molecule has 1 aliphatic rings. The zero-order valence-electron chi connectivity index (χ0n) is 12.6. The Morgan fingerprint density at radius 3 is 2.64 bits per heavy atom. The molecule has 0 radical (unpaired) electrons. The summed E-state index contributed by atoms with van der Waals surface area (Å²) < 4.78 is 0. The molecule has 0 bridgehead atoms. The van der Waals surface area contributed by atoms with Gasteiger partial charge in [0.2, 0.25) is 5.91 Å². The average molecular weight is 295 g/mol. The normalized spacial score (nSPS) is 16.9. The topological polar surface area (TPSA) is 49.3 Å². The predicted molar refractivity (Wildman–Crippen MR) is 86.3 cm³/mol. The first-order valence-electron chi connectivity index (χ1n) is 7.82. The maximum atomic E-state index is 12.6. The molecule has 0 aromatic heterocycles. The Balaban J connectivity index is 1.71. The minimum atomic E-state index is -0.0498. The van der Waals surface area contributed by atoms with Crippen LogP contribution in [0.5, 0.6) is 0 Å². The SMILES string of the molecule is O=C(NCc1ccccc1CO)C1CCCc2ccccc21. The second-order valence-electron chi connectivity index (χ2n) is 5.79. The Morgan fingerprint density at radius 2 is 1.82 bits per heavy atom. The lowest BCUT2D eigenvalue weighted by Gasteiger charge is -2.24. The summed E-state index contributed by atoms with van der Waals surface area (Å²) >= 11 is 0. The van der Waals surface area contributed by atoms with Crippen LogP contribution in [-0.4, -0.2) is 11.0 Å². The second kappa shape index (κ2) is 6.75. The summed E-state index contributed by atoms with van der Waals surface area (Å²) in [7, 11) is 0. The fourth-order valence-corrected chi connectivity index (χ4v) is 3.22. The number of carbonyl (C=O) groups is 1. The molecule has 3 rings (SSSR count). The number of benzene rings is 2. The van der Waals surface area contributed by atoms with Crippen LogP contribution in [-0.2, 0) is 24.4 Å². The fraction of sp³-hybridized carbons (Fsp3) is 0.316. The van der Waals surface area contributed by atoms with Gasteiger partial charge in [0.25, 0.3) is 0 Å². The van der Waals surface area contributed by atoms with Crippen molar-refractivity contribution in [1.29, 1.82) is 0 Å². The highest BCUT2D eigenvalue weighted by atomic mass is 16.3. The molecule has 2 N–H and O–H groups in total. The first-order valence-corrected chi connectivity index (χ1v) is 7.82. The molecule has 0 saturated carbocycles. The number of rotatable bonds is 4. The van der Waals surface area contributed by atoms with Crippen LogP contribution < -0.4 is 5.32 Å². The van der Waals surface area contributed by atoms with Crippen LogP contribution >= 0.6 is 0 Å². The number of aliphatic hydroxyl groups excluding tert-OH is 1. The summed E-state index contributed by atoms with van der Waals surface area (Å²) in [4.78, 5) is 12.6. The molecule has 0 spiro atoms. The Kier molecular flexibility index (Phi) is 4.54. The van der Waals surface area contributed by atoms with E-state index in [4.69, 9.17) is 0 Å². The van der Waals surface area contributed by atoms with Crippen molar-refractivity contribution in [1.82, 2.24) is 5.32 Å². The van der Waals surface area contributed by atoms with Crippen molar-refractivity contribution in [2.45, 2.75) is 38.3 Å². The molecule has 22 heavy (non-hydrogen) atoms. The number of carbonyl (C=O) groups excluding carboxylic acids is 1. The third-order valence-corrected chi connectivity index (χ3v) is 4.43. The molecular weight excluding hydrogens is 274 g/mol. The number of hydrogen-bond donors (Lipinski definition) is 2. The van der Waals surface area contributed by atoms with E-state index >= 15 is 0 Å². The van der Waals surface area contributed by atoms with Crippen LogP contribution in [0.15, 0.2) is 48.5 Å². The zero-order valence-corrected chi connectivity index (χ0v) is 12.6. The lowest BCUT2D eigenvalue weighted by atomic mass is 9.82. The van der Waals surface area contributed by atoms with Crippen molar-refractivity contribution in [2.24, 2.45) is 0 Å². The highest BCUT2D eigenvalue weighted by Gasteiger charge is 2.25. The van der Waals surface area contributed by atoms with Gasteiger partial charge >= 0.3 is 0 Å². The van der Waals surface area contributed by atoms with Gasteiger partial charge in [-0.2, -0.15) is 0 Å². The van der Waals surface area contributed by atoms with E-state index in [1.54, 1.807) is 0 Å². The molecule has 0 heterocycles. The molecule has 2 aromatic rings. The van der Waals surface area contributed by atoms with Gasteiger partial charge in [-0.25, -0.2) is 0 Å². The highest BCUT2D eigenvalue weighted by Crippen LogP contribution is 2.31. The van der Waals surface area contributed by atoms with E-state index < -0.39 is 0 Å². The second-order valence-corrected chi connectivity index (χ2v) is 5.79. The van der Waals surface area contributed by atoms with Gasteiger partial charge in [-0.1, -0.05) is 48.5 Å². The third-order valence-electron chi connectivity index (χ3n) is 4.43. The molecule has 3 nitrogen and oxygen atoms in total. The van der Waals surface area contributed by atoms with Gasteiger partial charge in [0, 0.05) is 6.54 Å². The third kappa shape index (κ3) is 3.04. The summed E-state index contributed by atoms with van der Waals surface area (Å²) in [5.41, 5.74) is 4.31. The van der Waals surface area contributed by atoms with Crippen molar-refractivity contribution in [3.63, 3.8) is 0 Å². The van der Waals surface area contributed by atoms with Crippen molar-refractivity contribution in [3.05, 3.63) is 70.8 Å². The molecular formula is C19H21NO2. The molecule has 2 aromatic carbocycles. The monoisotopic (exact) mass is 295 g/mol. The highest BCUT2D eigenvalue weighted by molar-refractivity contribution is 5.84. The van der Waals surface area contributed by atoms with E-state index in [0.29, 0.717) is 6.54 Å². The Bertz CT molecular complexity index is 666. The lowest BCUT2D eigenvalue weighted by molar-refractivity contribution is -0.123. The summed E-state index contributed by atoms with van der Waals surface area (Å²) in [6.07, 6.45) is 3.03. The lowest BCUT2D eigenvalue weighted by Crippen LogP contribution is -2.31. The quantitative estimate of drug-likeness (QED) is 0.911. The van der Waals surface area contributed by atoms with Crippen LogP contribution in [0.2, 0.25) is 0 Å². The molecule has 3 heteroatoms. The van der Waals surface area contributed by atoms with Gasteiger partial charge in [0.15, 0.2) is 0 Å². The molecule has 1 atom stereocenters. The number of fused-ring (bicyclic) bond motifs is 1. The van der Waals surface area contributed by atoms with Crippen molar-refractivity contribution >= 4 is 5.91 Å². The van der Waals surface area contributed by atoms with Gasteiger partial charge < -0.3 is 10.4 Å². The minimum Gasteiger partial charge on any atom is -0.392 e. The van der Waals surface area contributed by atoms with Gasteiger partial charge in [-0.05, 0) is 41.5 Å². The summed E-state index contributed by atoms with van der Waals surface area (Å²) in [5, 5.41) is 12.4. The summed E-state index contributed by atoms with van der Waals surface area (Å²) in [5.74, 6) is 0.0335. The molecule has 0 fully saturated rings. The number of hydrogen-bond acceptors (Lipinski definition) is 2. The van der Waals surface area contributed by atoms with E-state index in [9.17, 15) is 9.90 Å². The zero-order chi connectivity index (χ0) is 15.4. The molecule has 0 saturated heterocycles. The molecule has 1 aliphatic carbocycles. The van der Waals surface area contributed by atoms with Crippen molar-refractivity contribution < 1.29 is 9.90 Å². The first kappa shape index (κ1) is 14.8. The molecule has 0 aliphatic heterocycles. The van der Waals surface area contributed by atoms with Gasteiger partial charge in [0.1, 0.15) is 0 Å². The Hall–Kier alpha value is -2.13.